The maximum Gasteiger partial charge on any atom is 0.271 e. The first-order valence-electron chi connectivity index (χ1n) is 5.13. The molecule has 0 saturated carbocycles. The molecule has 0 aliphatic heterocycles. The van der Waals surface area contributed by atoms with Crippen LogP contribution >= 0.6 is 0 Å². The van der Waals surface area contributed by atoms with Crippen molar-refractivity contribution in [3.8, 4) is 11.4 Å². The summed E-state index contributed by atoms with van der Waals surface area (Å²) in [7, 11) is -2.21. The summed E-state index contributed by atoms with van der Waals surface area (Å²) in [6.45, 7) is 0.191. The first-order chi connectivity index (χ1) is 8.46. The fourth-order valence-electron chi connectivity index (χ4n) is 1.45. The standard InChI is InChI=1S/C9H11N5O3S/c1-13-9(10-11-12-13)8-2-4-14(5-3-8)6-7-18(15,16)17/h2-5H,6-7H2,1H3/p+1. The lowest BCUT2D eigenvalue weighted by Crippen LogP contribution is -2.36. The minimum atomic E-state index is -3.94. The Morgan fingerprint density at radius 1 is 1.39 bits per heavy atom. The fourth-order valence-corrected chi connectivity index (χ4v) is 1.89. The van der Waals surface area contributed by atoms with Crippen LogP contribution in [-0.4, -0.2) is 38.9 Å². The van der Waals surface area contributed by atoms with E-state index in [0.29, 0.717) is 5.82 Å². The zero-order valence-electron chi connectivity index (χ0n) is 9.63. The van der Waals surface area contributed by atoms with Crippen LogP contribution in [0, 0.1) is 0 Å². The summed E-state index contributed by atoms with van der Waals surface area (Å²) >= 11 is 0. The number of aryl methyl sites for hydroxylation is 2. The van der Waals surface area contributed by atoms with Gasteiger partial charge in [-0.2, -0.15) is 8.42 Å². The molecule has 0 amide bonds. The van der Waals surface area contributed by atoms with Gasteiger partial charge >= 0.3 is 0 Å². The number of rotatable bonds is 4. The van der Waals surface area contributed by atoms with Gasteiger partial charge in [0.2, 0.25) is 0 Å². The largest absolute Gasteiger partial charge is 0.285 e. The SMILES string of the molecule is Cn1nnnc1-c1cc[n+](CCS(=O)(=O)O)cc1. The Labute approximate surface area is 104 Å². The Balaban J connectivity index is 2.13. The molecule has 0 fully saturated rings. The molecule has 0 bridgehead atoms. The van der Waals surface area contributed by atoms with Gasteiger partial charge in [0, 0.05) is 24.7 Å². The predicted octanol–water partition coefficient (Wildman–Crippen LogP) is -0.948. The molecular weight excluding hydrogens is 258 g/mol. The van der Waals surface area contributed by atoms with Gasteiger partial charge in [-0.05, 0) is 10.4 Å². The average Bonchev–Trinajstić information content (AvgIpc) is 2.73. The first kappa shape index (κ1) is 12.6. The van der Waals surface area contributed by atoms with Gasteiger partial charge in [-0.25, -0.2) is 9.25 Å². The maximum atomic E-state index is 10.6. The van der Waals surface area contributed by atoms with Crippen LogP contribution in [0.15, 0.2) is 24.5 Å². The number of tetrazole rings is 1. The highest BCUT2D eigenvalue weighted by Gasteiger charge is 2.11. The van der Waals surface area contributed by atoms with Crippen LogP contribution < -0.4 is 4.57 Å². The topological polar surface area (TPSA) is 102 Å². The summed E-state index contributed by atoms with van der Waals surface area (Å²) in [5, 5.41) is 11.1. The lowest BCUT2D eigenvalue weighted by molar-refractivity contribution is -0.692. The van der Waals surface area contributed by atoms with Gasteiger partial charge in [0.15, 0.2) is 24.8 Å². The van der Waals surface area contributed by atoms with Gasteiger partial charge < -0.3 is 0 Å². The van der Waals surface area contributed by atoms with Gasteiger partial charge in [-0.1, -0.05) is 0 Å². The molecule has 1 N–H and O–H groups in total. The van der Waals surface area contributed by atoms with Crippen molar-refractivity contribution < 1.29 is 17.5 Å². The van der Waals surface area contributed by atoms with E-state index in [2.05, 4.69) is 15.5 Å². The van der Waals surface area contributed by atoms with E-state index >= 15 is 0 Å². The van der Waals surface area contributed by atoms with Crippen LogP contribution in [0.1, 0.15) is 0 Å². The predicted molar refractivity (Wildman–Crippen MR) is 60.8 cm³/mol. The van der Waals surface area contributed by atoms with E-state index in [1.54, 1.807) is 36.1 Å². The second-order valence-electron chi connectivity index (χ2n) is 3.74. The Kier molecular flexibility index (Phi) is 3.34. The molecule has 96 valence electrons. The Morgan fingerprint density at radius 2 is 2.06 bits per heavy atom. The minimum absolute atomic E-state index is 0.191. The van der Waals surface area contributed by atoms with Crippen molar-refractivity contribution in [2.45, 2.75) is 6.54 Å². The van der Waals surface area contributed by atoms with E-state index in [9.17, 15) is 8.42 Å². The molecule has 0 atom stereocenters. The van der Waals surface area contributed by atoms with Gasteiger partial charge in [-0.15, -0.1) is 5.10 Å². The van der Waals surface area contributed by atoms with Gasteiger partial charge in [0.25, 0.3) is 10.1 Å². The lowest BCUT2D eigenvalue weighted by atomic mass is 10.2. The van der Waals surface area contributed by atoms with Crippen molar-refractivity contribution in [1.29, 1.82) is 0 Å². The number of aromatic nitrogens is 5. The number of nitrogens with zero attached hydrogens (tertiary/aromatic N) is 5. The van der Waals surface area contributed by atoms with E-state index in [4.69, 9.17) is 4.55 Å². The molecule has 0 aliphatic rings. The molecule has 2 aromatic rings. The Hall–Kier alpha value is -1.87. The van der Waals surface area contributed by atoms with Crippen LogP contribution in [-0.2, 0) is 23.7 Å². The normalized spacial score (nSPS) is 11.7. The van der Waals surface area contributed by atoms with Gasteiger partial charge in [0.1, 0.15) is 5.75 Å². The molecule has 0 saturated heterocycles. The van der Waals surface area contributed by atoms with Gasteiger partial charge in [-0.3, -0.25) is 4.55 Å². The fraction of sp³-hybridized carbons (Fsp3) is 0.333. The van der Waals surface area contributed by atoms with Gasteiger partial charge in [0.05, 0.1) is 0 Å². The highest BCUT2D eigenvalue weighted by molar-refractivity contribution is 7.85. The Bertz CT molecular complexity index is 634. The van der Waals surface area contributed by atoms with Crippen molar-refractivity contribution in [3.05, 3.63) is 24.5 Å². The summed E-state index contributed by atoms with van der Waals surface area (Å²) < 4.78 is 33.1. The zero-order chi connectivity index (χ0) is 13.2. The van der Waals surface area contributed by atoms with E-state index in [-0.39, 0.29) is 12.3 Å². The number of hydrogen-bond acceptors (Lipinski definition) is 5. The third kappa shape index (κ3) is 3.08. The summed E-state index contributed by atoms with van der Waals surface area (Å²) in [6.07, 6.45) is 3.41. The van der Waals surface area contributed by atoms with Crippen LogP contribution in [0.4, 0.5) is 0 Å². The number of pyridine rings is 1. The molecule has 0 aromatic carbocycles. The monoisotopic (exact) mass is 270 g/mol. The maximum absolute atomic E-state index is 10.6. The summed E-state index contributed by atoms with van der Waals surface area (Å²) in [5.41, 5.74) is 0.825. The molecule has 0 aliphatic carbocycles. The highest BCUT2D eigenvalue weighted by Crippen LogP contribution is 2.11. The second kappa shape index (κ2) is 4.78. The number of hydrogen-bond donors (Lipinski definition) is 1. The molecule has 9 heteroatoms. The van der Waals surface area contributed by atoms with Crippen molar-refractivity contribution in [3.63, 3.8) is 0 Å². The summed E-state index contributed by atoms with van der Waals surface area (Å²) in [5.74, 6) is 0.305. The average molecular weight is 270 g/mol. The molecule has 0 radical (unpaired) electrons. The molecule has 2 heterocycles. The zero-order valence-corrected chi connectivity index (χ0v) is 10.4. The molecule has 0 spiro atoms. The molecule has 18 heavy (non-hydrogen) atoms. The third-order valence-corrected chi connectivity index (χ3v) is 3.08. The van der Waals surface area contributed by atoms with Crippen molar-refractivity contribution in [2.75, 3.05) is 5.75 Å². The second-order valence-corrected chi connectivity index (χ2v) is 5.31. The lowest BCUT2D eigenvalue weighted by Gasteiger charge is -1.98. The minimum Gasteiger partial charge on any atom is -0.285 e. The van der Waals surface area contributed by atoms with E-state index < -0.39 is 10.1 Å². The molecule has 2 rings (SSSR count). The molecule has 2 aromatic heterocycles. The van der Waals surface area contributed by atoms with Crippen molar-refractivity contribution >= 4 is 10.1 Å². The van der Waals surface area contributed by atoms with Crippen LogP contribution in [0.25, 0.3) is 11.4 Å². The Morgan fingerprint density at radius 3 is 2.56 bits per heavy atom. The summed E-state index contributed by atoms with van der Waals surface area (Å²) in [4.78, 5) is 0. The quantitative estimate of drug-likeness (QED) is 0.568. The van der Waals surface area contributed by atoms with Crippen LogP contribution in [0.2, 0.25) is 0 Å². The third-order valence-electron chi connectivity index (χ3n) is 2.38. The van der Waals surface area contributed by atoms with Crippen LogP contribution in [0.5, 0.6) is 0 Å². The van der Waals surface area contributed by atoms with E-state index in [0.717, 1.165) is 5.56 Å². The van der Waals surface area contributed by atoms with Crippen LogP contribution in [0.3, 0.4) is 0 Å². The molecule has 0 unspecified atom stereocenters. The van der Waals surface area contributed by atoms with E-state index in [1.165, 1.54) is 4.68 Å². The first-order valence-corrected chi connectivity index (χ1v) is 6.73. The van der Waals surface area contributed by atoms with Crippen molar-refractivity contribution in [2.24, 2.45) is 7.05 Å². The smallest absolute Gasteiger partial charge is 0.271 e. The summed E-state index contributed by atoms with van der Waals surface area (Å²) in [6, 6.07) is 3.55. The highest BCUT2D eigenvalue weighted by atomic mass is 32.2. The van der Waals surface area contributed by atoms with E-state index in [1.807, 2.05) is 0 Å². The van der Waals surface area contributed by atoms with Crippen molar-refractivity contribution in [1.82, 2.24) is 20.2 Å². The molecule has 8 nitrogen and oxygen atoms in total. The molecular formula is C9H12N5O3S+.